The average molecular weight is 290 g/mol. The van der Waals surface area contributed by atoms with E-state index in [-0.39, 0.29) is 23.7 Å². The first-order valence-electron chi connectivity index (χ1n) is 5.94. The number of hydrogen-bond donors (Lipinski definition) is 2. The highest BCUT2D eigenvalue weighted by molar-refractivity contribution is 5.95. The summed E-state index contributed by atoms with van der Waals surface area (Å²) in [4.78, 5) is 11.5. The molecule has 1 rings (SSSR count). The molecule has 0 aliphatic carbocycles. The smallest absolute Gasteiger partial charge is 0.345 e. The van der Waals surface area contributed by atoms with Crippen LogP contribution >= 0.6 is 12.4 Å². The van der Waals surface area contributed by atoms with Gasteiger partial charge in [0.1, 0.15) is 17.1 Å². The largest absolute Gasteiger partial charge is 0.507 e. The van der Waals surface area contributed by atoms with Crippen molar-refractivity contribution in [2.24, 2.45) is 5.73 Å². The molecule has 0 radical (unpaired) electrons. The highest BCUT2D eigenvalue weighted by Gasteiger charge is 2.17. The lowest BCUT2D eigenvalue weighted by Crippen LogP contribution is -2.07. The van der Waals surface area contributed by atoms with E-state index in [2.05, 4.69) is 4.74 Å². The second-order valence-electron chi connectivity index (χ2n) is 3.84. The zero-order valence-corrected chi connectivity index (χ0v) is 11.7. The molecule has 0 aliphatic heterocycles. The van der Waals surface area contributed by atoms with E-state index in [1.54, 1.807) is 12.1 Å². The second kappa shape index (κ2) is 9.47. The van der Waals surface area contributed by atoms with E-state index >= 15 is 0 Å². The van der Waals surface area contributed by atoms with Crippen LogP contribution in [0.4, 0.5) is 0 Å². The van der Waals surface area contributed by atoms with Crippen molar-refractivity contribution in [3.63, 3.8) is 0 Å². The summed E-state index contributed by atoms with van der Waals surface area (Å²) in [5.41, 5.74) is 5.46. The SMILES string of the molecule is COC(=O)c1c(O)cccc1OCCCCCN.Cl. The zero-order valence-electron chi connectivity index (χ0n) is 10.9. The molecule has 0 heterocycles. The summed E-state index contributed by atoms with van der Waals surface area (Å²) in [6, 6.07) is 4.68. The van der Waals surface area contributed by atoms with Gasteiger partial charge in [-0.1, -0.05) is 6.07 Å². The van der Waals surface area contributed by atoms with Gasteiger partial charge in [-0.05, 0) is 37.9 Å². The Bertz CT molecular complexity index is 398. The maximum atomic E-state index is 11.5. The Morgan fingerprint density at radius 3 is 2.68 bits per heavy atom. The molecule has 1 aromatic carbocycles. The fourth-order valence-electron chi connectivity index (χ4n) is 1.55. The van der Waals surface area contributed by atoms with Crippen molar-refractivity contribution in [2.75, 3.05) is 20.3 Å². The molecule has 0 amide bonds. The lowest BCUT2D eigenvalue weighted by Gasteiger charge is -2.11. The number of carbonyl (C=O) groups is 1. The van der Waals surface area contributed by atoms with Crippen molar-refractivity contribution in [1.82, 2.24) is 0 Å². The molecule has 0 aliphatic rings. The Labute approximate surface area is 119 Å². The zero-order chi connectivity index (χ0) is 13.4. The molecular formula is C13H20ClNO4. The van der Waals surface area contributed by atoms with E-state index in [0.29, 0.717) is 18.9 Å². The van der Waals surface area contributed by atoms with Gasteiger partial charge in [-0.15, -0.1) is 12.4 Å². The third kappa shape index (κ3) is 5.36. The van der Waals surface area contributed by atoms with Gasteiger partial charge in [0.25, 0.3) is 0 Å². The maximum Gasteiger partial charge on any atom is 0.345 e. The summed E-state index contributed by atoms with van der Waals surface area (Å²) in [7, 11) is 1.26. The van der Waals surface area contributed by atoms with Gasteiger partial charge >= 0.3 is 5.97 Å². The van der Waals surface area contributed by atoms with Crippen LogP contribution in [0.2, 0.25) is 0 Å². The maximum absolute atomic E-state index is 11.5. The lowest BCUT2D eigenvalue weighted by molar-refractivity contribution is 0.0592. The summed E-state index contributed by atoms with van der Waals surface area (Å²) in [5.74, 6) is -0.402. The minimum Gasteiger partial charge on any atom is -0.507 e. The summed E-state index contributed by atoms with van der Waals surface area (Å²) in [5, 5.41) is 9.64. The van der Waals surface area contributed by atoms with E-state index < -0.39 is 5.97 Å². The van der Waals surface area contributed by atoms with Crippen molar-refractivity contribution in [1.29, 1.82) is 0 Å². The molecule has 0 spiro atoms. The molecule has 19 heavy (non-hydrogen) atoms. The molecule has 0 saturated carbocycles. The number of ether oxygens (including phenoxy) is 2. The molecule has 0 aromatic heterocycles. The summed E-state index contributed by atoms with van der Waals surface area (Å²) >= 11 is 0. The Kier molecular flexibility index (Phi) is 8.74. The molecule has 0 fully saturated rings. The fraction of sp³-hybridized carbons (Fsp3) is 0.462. The normalized spacial score (nSPS) is 9.58. The molecule has 6 heteroatoms. The third-order valence-electron chi connectivity index (χ3n) is 2.50. The number of phenolic OH excluding ortho intramolecular Hbond substituents is 1. The Balaban J connectivity index is 0.00000324. The van der Waals surface area contributed by atoms with E-state index in [0.717, 1.165) is 19.3 Å². The van der Waals surface area contributed by atoms with Crippen LogP contribution in [0.3, 0.4) is 0 Å². The van der Waals surface area contributed by atoms with E-state index in [9.17, 15) is 9.90 Å². The van der Waals surface area contributed by atoms with Crippen LogP contribution in [-0.4, -0.2) is 31.3 Å². The number of rotatable bonds is 7. The quantitative estimate of drug-likeness (QED) is 0.593. The monoisotopic (exact) mass is 289 g/mol. The first-order valence-corrected chi connectivity index (χ1v) is 5.94. The third-order valence-corrected chi connectivity index (χ3v) is 2.50. The van der Waals surface area contributed by atoms with Crippen LogP contribution in [0, 0.1) is 0 Å². The predicted molar refractivity (Wildman–Crippen MR) is 75.1 cm³/mol. The van der Waals surface area contributed by atoms with Crippen LogP contribution in [0.25, 0.3) is 0 Å². The standard InChI is InChI=1S/C13H19NO4.ClH/c1-17-13(16)12-10(15)6-5-7-11(12)18-9-4-2-3-8-14;/h5-7,15H,2-4,8-9,14H2,1H3;1H. The van der Waals surface area contributed by atoms with Gasteiger partial charge in [0.2, 0.25) is 0 Å². The summed E-state index contributed by atoms with van der Waals surface area (Å²) < 4.78 is 10.1. The number of phenols is 1. The topological polar surface area (TPSA) is 81.8 Å². The molecule has 3 N–H and O–H groups in total. The molecule has 108 valence electrons. The van der Waals surface area contributed by atoms with Crippen molar-refractivity contribution in [3.05, 3.63) is 23.8 Å². The van der Waals surface area contributed by atoms with Gasteiger partial charge in [0.05, 0.1) is 13.7 Å². The van der Waals surface area contributed by atoms with Gasteiger partial charge in [-0.25, -0.2) is 4.79 Å². The molecular weight excluding hydrogens is 270 g/mol. The molecule has 1 aromatic rings. The summed E-state index contributed by atoms with van der Waals surface area (Å²) in [6.07, 6.45) is 2.78. The van der Waals surface area contributed by atoms with Gasteiger partial charge in [0, 0.05) is 0 Å². The predicted octanol–water partition coefficient (Wildman–Crippen LogP) is 2.11. The highest BCUT2D eigenvalue weighted by atomic mass is 35.5. The molecule has 0 bridgehead atoms. The average Bonchev–Trinajstić information content (AvgIpc) is 2.38. The van der Waals surface area contributed by atoms with Crippen LogP contribution in [0.1, 0.15) is 29.6 Å². The number of esters is 1. The van der Waals surface area contributed by atoms with Crippen molar-refractivity contribution >= 4 is 18.4 Å². The number of methoxy groups -OCH3 is 1. The first-order chi connectivity index (χ1) is 8.70. The number of aromatic hydroxyl groups is 1. The minimum absolute atomic E-state index is 0. The summed E-state index contributed by atoms with van der Waals surface area (Å²) in [6.45, 7) is 1.15. The highest BCUT2D eigenvalue weighted by Crippen LogP contribution is 2.28. The Hall–Kier alpha value is -1.46. The number of nitrogens with two attached hydrogens (primary N) is 1. The number of benzene rings is 1. The molecule has 0 unspecified atom stereocenters. The fourth-order valence-corrected chi connectivity index (χ4v) is 1.55. The molecule has 5 nitrogen and oxygen atoms in total. The van der Waals surface area contributed by atoms with Gasteiger partial charge in [-0.2, -0.15) is 0 Å². The van der Waals surface area contributed by atoms with E-state index in [4.69, 9.17) is 10.5 Å². The van der Waals surface area contributed by atoms with Crippen molar-refractivity contribution in [3.8, 4) is 11.5 Å². The van der Waals surface area contributed by atoms with E-state index in [1.807, 2.05) is 0 Å². The Morgan fingerprint density at radius 2 is 2.05 bits per heavy atom. The van der Waals surface area contributed by atoms with Crippen molar-refractivity contribution < 1.29 is 19.4 Å². The molecule has 0 saturated heterocycles. The number of carbonyl (C=O) groups excluding carboxylic acids is 1. The molecule has 0 atom stereocenters. The lowest BCUT2D eigenvalue weighted by atomic mass is 10.2. The number of hydrogen-bond acceptors (Lipinski definition) is 5. The van der Waals surface area contributed by atoms with Gasteiger partial charge in [0.15, 0.2) is 0 Å². The second-order valence-corrected chi connectivity index (χ2v) is 3.84. The minimum atomic E-state index is -0.606. The Morgan fingerprint density at radius 1 is 1.32 bits per heavy atom. The van der Waals surface area contributed by atoms with Crippen LogP contribution < -0.4 is 10.5 Å². The van der Waals surface area contributed by atoms with Gasteiger partial charge in [-0.3, -0.25) is 0 Å². The number of unbranched alkanes of at least 4 members (excludes halogenated alkanes) is 2. The van der Waals surface area contributed by atoms with Crippen molar-refractivity contribution in [2.45, 2.75) is 19.3 Å². The van der Waals surface area contributed by atoms with Gasteiger partial charge < -0.3 is 20.3 Å². The first kappa shape index (κ1) is 17.5. The van der Waals surface area contributed by atoms with Crippen LogP contribution in [0.5, 0.6) is 11.5 Å². The number of halogens is 1. The van der Waals surface area contributed by atoms with Crippen LogP contribution in [0.15, 0.2) is 18.2 Å². The van der Waals surface area contributed by atoms with E-state index in [1.165, 1.54) is 13.2 Å². The van der Waals surface area contributed by atoms with Crippen LogP contribution in [-0.2, 0) is 4.74 Å².